The third kappa shape index (κ3) is 2.51. The Morgan fingerprint density at radius 2 is 2.16 bits per heavy atom. The van der Waals surface area contributed by atoms with Gasteiger partial charge in [-0.2, -0.15) is 4.31 Å². The summed E-state index contributed by atoms with van der Waals surface area (Å²) in [4.78, 5) is 23.7. The monoisotopic (exact) mass is 286 g/mol. The minimum Gasteiger partial charge on any atom is -0.480 e. The van der Waals surface area contributed by atoms with Gasteiger partial charge in [0, 0.05) is 13.1 Å². The molecule has 9 heteroatoms. The van der Waals surface area contributed by atoms with Crippen LogP contribution in [0, 0.1) is 0 Å². The highest BCUT2D eigenvalue weighted by atomic mass is 32.2. The molecule has 0 fully saturated rings. The summed E-state index contributed by atoms with van der Waals surface area (Å²) >= 11 is 0. The van der Waals surface area contributed by atoms with Crippen LogP contribution >= 0.6 is 0 Å². The number of nitrogens with zero attached hydrogens (tertiary/aromatic N) is 1. The van der Waals surface area contributed by atoms with Crippen molar-refractivity contribution in [3.8, 4) is 0 Å². The summed E-state index contributed by atoms with van der Waals surface area (Å²) in [5.74, 6) is -1.95. The molecule has 1 heterocycles. The van der Waals surface area contributed by atoms with Gasteiger partial charge in [-0.25, -0.2) is 13.2 Å². The second kappa shape index (κ2) is 4.52. The zero-order valence-electron chi connectivity index (χ0n) is 9.78. The van der Waals surface area contributed by atoms with Crippen LogP contribution in [-0.4, -0.2) is 42.4 Å². The van der Waals surface area contributed by atoms with Crippen molar-refractivity contribution in [1.82, 2.24) is 9.29 Å². The van der Waals surface area contributed by atoms with Crippen LogP contribution in [0.5, 0.6) is 0 Å². The minimum atomic E-state index is -3.94. The first kappa shape index (κ1) is 13.3. The molecule has 0 amide bonds. The first-order chi connectivity index (χ1) is 8.80. The molecule has 1 aromatic heterocycles. The van der Waals surface area contributed by atoms with E-state index in [1.54, 1.807) is 0 Å². The van der Waals surface area contributed by atoms with Gasteiger partial charge in [-0.1, -0.05) is 0 Å². The van der Waals surface area contributed by atoms with Crippen LogP contribution in [0.1, 0.15) is 0 Å². The molecule has 0 aliphatic carbocycles. The molecule has 0 atom stereocenters. The number of nitrogens with one attached hydrogen (secondary N) is 1. The van der Waals surface area contributed by atoms with E-state index in [2.05, 4.69) is 4.98 Å². The number of sulfonamides is 1. The number of fused-ring (bicyclic) bond motifs is 1. The Hall–Kier alpha value is -2.13. The van der Waals surface area contributed by atoms with Gasteiger partial charge in [0.15, 0.2) is 5.58 Å². The number of hydrogen-bond donors (Lipinski definition) is 2. The Morgan fingerprint density at radius 1 is 1.47 bits per heavy atom. The minimum absolute atomic E-state index is 0.0924. The van der Waals surface area contributed by atoms with Crippen LogP contribution in [-0.2, 0) is 14.8 Å². The number of benzene rings is 1. The van der Waals surface area contributed by atoms with Gasteiger partial charge in [0.25, 0.3) is 0 Å². The van der Waals surface area contributed by atoms with E-state index in [0.717, 1.165) is 7.05 Å². The maximum atomic E-state index is 12.1. The number of likely N-dealkylation sites (N-methyl/N-ethyl adjacent to an activating group) is 1. The first-order valence-electron chi connectivity index (χ1n) is 5.12. The molecule has 1 aromatic carbocycles. The predicted octanol–water partition coefficient (Wildman–Crippen LogP) is -0.174. The van der Waals surface area contributed by atoms with E-state index in [9.17, 15) is 18.0 Å². The SMILES string of the molecule is CN(CC(=O)O)S(=O)(=O)c1ccc2[nH]c(=O)oc2c1. The van der Waals surface area contributed by atoms with Gasteiger partial charge in [0.2, 0.25) is 10.0 Å². The highest BCUT2D eigenvalue weighted by Crippen LogP contribution is 2.19. The van der Waals surface area contributed by atoms with Crippen molar-refractivity contribution < 1.29 is 22.7 Å². The maximum absolute atomic E-state index is 12.1. The molecule has 0 spiro atoms. The Balaban J connectivity index is 2.48. The number of carboxylic acids is 1. The topological polar surface area (TPSA) is 121 Å². The number of H-pyrrole nitrogens is 1. The molecule has 8 nitrogen and oxygen atoms in total. The summed E-state index contributed by atoms with van der Waals surface area (Å²) in [6.45, 7) is -0.655. The number of aromatic nitrogens is 1. The summed E-state index contributed by atoms with van der Waals surface area (Å²) in [5.41, 5.74) is 0.458. The molecule has 0 bridgehead atoms. The van der Waals surface area contributed by atoms with Crippen molar-refractivity contribution in [2.75, 3.05) is 13.6 Å². The smallest absolute Gasteiger partial charge is 0.417 e. The molecule has 0 saturated carbocycles. The van der Waals surface area contributed by atoms with E-state index in [1.165, 1.54) is 18.2 Å². The van der Waals surface area contributed by atoms with Gasteiger partial charge in [-0.15, -0.1) is 0 Å². The molecule has 0 aliphatic heterocycles. The van der Waals surface area contributed by atoms with E-state index in [1.807, 2.05) is 0 Å². The number of aromatic amines is 1. The van der Waals surface area contributed by atoms with E-state index in [0.29, 0.717) is 9.82 Å². The van der Waals surface area contributed by atoms with Gasteiger partial charge in [0.05, 0.1) is 10.4 Å². The zero-order valence-corrected chi connectivity index (χ0v) is 10.6. The molecule has 2 rings (SSSR count). The third-order valence-corrected chi connectivity index (χ3v) is 4.26. The average molecular weight is 286 g/mol. The summed E-state index contributed by atoms with van der Waals surface area (Å²) in [7, 11) is -2.79. The molecule has 0 aliphatic rings. The lowest BCUT2D eigenvalue weighted by atomic mass is 10.3. The van der Waals surface area contributed by atoms with Crippen LogP contribution in [0.2, 0.25) is 0 Å². The van der Waals surface area contributed by atoms with Crippen molar-refractivity contribution in [3.05, 3.63) is 28.7 Å². The molecule has 2 N–H and O–H groups in total. The lowest BCUT2D eigenvalue weighted by Gasteiger charge is -2.14. The maximum Gasteiger partial charge on any atom is 0.417 e. The lowest BCUT2D eigenvalue weighted by molar-refractivity contribution is -0.137. The van der Waals surface area contributed by atoms with Gasteiger partial charge in [-0.3, -0.25) is 9.78 Å². The molecule has 0 unspecified atom stereocenters. The summed E-state index contributed by atoms with van der Waals surface area (Å²) in [5, 5.41) is 8.60. The second-order valence-electron chi connectivity index (χ2n) is 3.83. The largest absolute Gasteiger partial charge is 0.480 e. The molecular weight excluding hydrogens is 276 g/mol. The van der Waals surface area contributed by atoms with Gasteiger partial charge < -0.3 is 9.52 Å². The summed E-state index contributed by atoms with van der Waals surface area (Å²) in [6.07, 6.45) is 0. The molecule has 102 valence electrons. The van der Waals surface area contributed by atoms with Crippen LogP contribution in [0.15, 0.2) is 32.3 Å². The van der Waals surface area contributed by atoms with E-state index < -0.39 is 28.3 Å². The van der Waals surface area contributed by atoms with Crippen LogP contribution in [0.3, 0.4) is 0 Å². The summed E-state index contributed by atoms with van der Waals surface area (Å²) in [6, 6.07) is 3.81. The number of oxazole rings is 1. The standard InChI is InChI=1S/C10H10N2O6S/c1-12(5-9(13)14)19(16,17)6-2-3-7-8(4-6)18-10(15)11-7/h2-4H,5H2,1H3,(H,11,15)(H,13,14). The van der Waals surface area contributed by atoms with Gasteiger partial charge in [-0.05, 0) is 12.1 Å². The van der Waals surface area contributed by atoms with E-state index in [-0.39, 0.29) is 10.5 Å². The highest BCUT2D eigenvalue weighted by molar-refractivity contribution is 7.89. The van der Waals surface area contributed by atoms with E-state index >= 15 is 0 Å². The van der Waals surface area contributed by atoms with Gasteiger partial charge >= 0.3 is 11.7 Å². The molecule has 0 saturated heterocycles. The normalized spacial score (nSPS) is 12.1. The quantitative estimate of drug-likeness (QED) is 0.804. The Morgan fingerprint density at radius 3 is 2.79 bits per heavy atom. The fourth-order valence-electron chi connectivity index (χ4n) is 1.54. The zero-order chi connectivity index (χ0) is 14.2. The number of aliphatic carboxylic acids is 1. The van der Waals surface area contributed by atoms with Crippen molar-refractivity contribution in [2.45, 2.75) is 4.90 Å². The molecular formula is C10H10N2O6S. The van der Waals surface area contributed by atoms with Crippen molar-refractivity contribution in [3.63, 3.8) is 0 Å². The predicted molar refractivity (Wildman–Crippen MR) is 64.3 cm³/mol. The number of carboxylic acid groups (broad SMARTS) is 1. The Labute approximate surface area is 107 Å². The third-order valence-electron chi connectivity index (χ3n) is 2.46. The lowest BCUT2D eigenvalue weighted by Crippen LogP contribution is -2.31. The number of hydrogen-bond acceptors (Lipinski definition) is 5. The average Bonchev–Trinajstić information content (AvgIpc) is 2.66. The van der Waals surface area contributed by atoms with E-state index in [4.69, 9.17) is 9.52 Å². The van der Waals surface area contributed by atoms with Crippen LogP contribution < -0.4 is 5.76 Å². The Kier molecular flexibility index (Phi) is 3.16. The fraction of sp³-hybridized carbons (Fsp3) is 0.200. The van der Waals surface area contributed by atoms with Crippen molar-refractivity contribution in [2.24, 2.45) is 0 Å². The molecule has 19 heavy (non-hydrogen) atoms. The van der Waals surface area contributed by atoms with Crippen molar-refractivity contribution in [1.29, 1.82) is 0 Å². The summed E-state index contributed by atoms with van der Waals surface area (Å²) < 4.78 is 29.6. The molecule has 0 radical (unpaired) electrons. The highest BCUT2D eigenvalue weighted by Gasteiger charge is 2.23. The first-order valence-corrected chi connectivity index (χ1v) is 6.56. The number of carbonyl (C=O) groups is 1. The van der Waals surface area contributed by atoms with Crippen LogP contribution in [0.4, 0.5) is 0 Å². The molecule has 2 aromatic rings. The second-order valence-corrected chi connectivity index (χ2v) is 5.87. The van der Waals surface area contributed by atoms with Crippen LogP contribution in [0.25, 0.3) is 11.1 Å². The Bertz CT molecular complexity index is 788. The van der Waals surface area contributed by atoms with Gasteiger partial charge in [0.1, 0.15) is 6.54 Å². The van der Waals surface area contributed by atoms with Crippen molar-refractivity contribution >= 4 is 27.1 Å². The number of rotatable bonds is 4. The fourth-order valence-corrected chi connectivity index (χ4v) is 2.68.